The van der Waals surface area contributed by atoms with Crippen LogP contribution in [0.4, 0.5) is 0 Å². The monoisotopic (exact) mass is 375 g/mol. The van der Waals surface area contributed by atoms with Gasteiger partial charge in [0.25, 0.3) is 0 Å². The van der Waals surface area contributed by atoms with Gasteiger partial charge in [-0.05, 0) is 41.4 Å². The molecule has 5 nitrogen and oxygen atoms in total. The van der Waals surface area contributed by atoms with Gasteiger partial charge < -0.3 is 19.7 Å². The van der Waals surface area contributed by atoms with E-state index in [1.165, 1.54) is 10.4 Å². The van der Waals surface area contributed by atoms with Crippen molar-refractivity contribution in [2.45, 2.75) is 13.1 Å². The van der Waals surface area contributed by atoms with E-state index in [4.69, 9.17) is 21.7 Å². The molecule has 2 aromatic rings. The lowest BCUT2D eigenvalue weighted by Gasteiger charge is -2.36. The highest BCUT2D eigenvalue weighted by Gasteiger charge is 2.20. The molecular weight excluding hydrogens is 354 g/mol. The summed E-state index contributed by atoms with van der Waals surface area (Å²) < 4.78 is 10.8. The molecule has 1 aromatic heterocycles. The molecule has 0 atom stereocenters. The van der Waals surface area contributed by atoms with Crippen LogP contribution < -0.4 is 14.8 Å². The Balaban J connectivity index is 1.24. The van der Waals surface area contributed by atoms with Gasteiger partial charge in [0, 0.05) is 37.6 Å². The number of hydrogen-bond donors (Lipinski definition) is 1. The van der Waals surface area contributed by atoms with E-state index in [1.807, 2.05) is 6.07 Å². The largest absolute Gasteiger partial charge is 0.454 e. The van der Waals surface area contributed by atoms with Crippen molar-refractivity contribution in [3.8, 4) is 11.5 Å². The fraction of sp³-hybridized carbons (Fsp3) is 0.389. The second-order valence-electron chi connectivity index (χ2n) is 6.19. The molecule has 132 valence electrons. The molecule has 7 heteroatoms. The van der Waals surface area contributed by atoms with E-state index < -0.39 is 0 Å². The SMILES string of the molecule is S=C(NCc1cccs1)N1CCN(Cc2ccc3c(c2)OCO3)CC1. The normalized spacial score (nSPS) is 16.9. The summed E-state index contributed by atoms with van der Waals surface area (Å²) in [5, 5.41) is 6.32. The Morgan fingerprint density at radius 1 is 1.12 bits per heavy atom. The van der Waals surface area contributed by atoms with Crippen LogP contribution in [0, 0.1) is 0 Å². The summed E-state index contributed by atoms with van der Waals surface area (Å²) in [4.78, 5) is 6.03. The van der Waals surface area contributed by atoms with E-state index >= 15 is 0 Å². The molecule has 2 aliphatic heterocycles. The molecule has 25 heavy (non-hydrogen) atoms. The van der Waals surface area contributed by atoms with Crippen molar-refractivity contribution in [3.63, 3.8) is 0 Å². The average molecular weight is 376 g/mol. The highest BCUT2D eigenvalue weighted by Crippen LogP contribution is 2.32. The van der Waals surface area contributed by atoms with Crippen LogP contribution in [-0.2, 0) is 13.1 Å². The molecular formula is C18H21N3O2S2. The summed E-state index contributed by atoms with van der Waals surface area (Å²) >= 11 is 7.29. The topological polar surface area (TPSA) is 37.0 Å². The van der Waals surface area contributed by atoms with Crippen LogP contribution in [0.2, 0.25) is 0 Å². The highest BCUT2D eigenvalue weighted by atomic mass is 32.1. The number of nitrogens with one attached hydrogen (secondary N) is 1. The summed E-state index contributed by atoms with van der Waals surface area (Å²) in [5.74, 6) is 1.70. The number of ether oxygens (including phenoxy) is 2. The Bertz CT molecular complexity index is 728. The Morgan fingerprint density at radius 3 is 2.76 bits per heavy atom. The molecule has 0 unspecified atom stereocenters. The molecule has 3 heterocycles. The standard InChI is InChI=1S/C18H21N3O2S2/c24-18(19-11-15-2-1-9-25-15)21-7-5-20(6-8-21)12-14-3-4-16-17(10-14)23-13-22-16/h1-4,9-10H,5-8,11-13H2,(H,19,24). The van der Waals surface area contributed by atoms with Crippen LogP contribution in [0.1, 0.15) is 10.4 Å². The number of thiocarbonyl (C=S) groups is 1. The first-order valence-electron chi connectivity index (χ1n) is 8.44. The number of nitrogens with zero attached hydrogens (tertiary/aromatic N) is 2. The predicted molar refractivity (Wildman–Crippen MR) is 103 cm³/mol. The van der Waals surface area contributed by atoms with E-state index in [2.05, 4.69) is 44.8 Å². The van der Waals surface area contributed by atoms with E-state index in [0.29, 0.717) is 6.79 Å². The minimum absolute atomic E-state index is 0.327. The zero-order valence-corrected chi connectivity index (χ0v) is 15.6. The summed E-state index contributed by atoms with van der Waals surface area (Å²) in [6, 6.07) is 10.4. The quantitative estimate of drug-likeness (QED) is 0.828. The predicted octanol–water partition coefficient (Wildman–Crippen LogP) is 2.67. The van der Waals surface area contributed by atoms with Gasteiger partial charge in [-0.2, -0.15) is 0 Å². The van der Waals surface area contributed by atoms with Crippen LogP contribution in [-0.4, -0.2) is 47.9 Å². The maximum Gasteiger partial charge on any atom is 0.231 e. The van der Waals surface area contributed by atoms with Crippen LogP contribution in [0.25, 0.3) is 0 Å². The smallest absolute Gasteiger partial charge is 0.231 e. The zero-order valence-electron chi connectivity index (χ0n) is 13.9. The number of thiophene rings is 1. The number of hydrogen-bond acceptors (Lipinski definition) is 5. The first-order chi connectivity index (χ1) is 12.3. The number of benzene rings is 1. The van der Waals surface area contributed by atoms with Crippen molar-refractivity contribution < 1.29 is 9.47 Å². The molecule has 0 radical (unpaired) electrons. The fourth-order valence-electron chi connectivity index (χ4n) is 3.09. The van der Waals surface area contributed by atoms with Crippen LogP contribution in [0.5, 0.6) is 11.5 Å². The maximum absolute atomic E-state index is 5.54. The lowest BCUT2D eigenvalue weighted by molar-refractivity contribution is 0.172. The van der Waals surface area contributed by atoms with Gasteiger partial charge in [0.2, 0.25) is 6.79 Å². The van der Waals surface area contributed by atoms with E-state index in [1.54, 1.807) is 11.3 Å². The highest BCUT2D eigenvalue weighted by molar-refractivity contribution is 7.80. The van der Waals surface area contributed by atoms with Gasteiger partial charge in [-0.1, -0.05) is 12.1 Å². The number of fused-ring (bicyclic) bond motifs is 1. The van der Waals surface area contributed by atoms with Gasteiger partial charge in [-0.3, -0.25) is 4.90 Å². The van der Waals surface area contributed by atoms with Gasteiger partial charge in [-0.25, -0.2) is 0 Å². The van der Waals surface area contributed by atoms with Crippen molar-refractivity contribution in [3.05, 3.63) is 46.2 Å². The first-order valence-corrected chi connectivity index (χ1v) is 9.73. The fourth-order valence-corrected chi connectivity index (χ4v) is 3.99. The molecule has 1 fully saturated rings. The molecule has 0 amide bonds. The summed E-state index contributed by atoms with van der Waals surface area (Å²) in [7, 11) is 0. The van der Waals surface area contributed by atoms with Crippen LogP contribution in [0.15, 0.2) is 35.7 Å². The van der Waals surface area contributed by atoms with Gasteiger partial charge in [0.1, 0.15) is 0 Å². The first kappa shape index (κ1) is 16.6. The second-order valence-corrected chi connectivity index (χ2v) is 7.61. The van der Waals surface area contributed by atoms with Crippen molar-refractivity contribution in [2.75, 3.05) is 33.0 Å². The molecule has 1 aromatic carbocycles. The Morgan fingerprint density at radius 2 is 1.96 bits per heavy atom. The van der Waals surface area contributed by atoms with Gasteiger partial charge in [0.15, 0.2) is 16.6 Å². The average Bonchev–Trinajstić information content (AvgIpc) is 3.31. The van der Waals surface area contributed by atoms with Gasteiger partial charge in [-0.15, -0.1) is 11.3 Å². The molecule has 0 bridgehead atoms. The van der Waals surface area contributed by atoms with Crippen molar-refractivity contribution in [2.24, 2.45) is 0 Å². The zero-order chi connectivity index (χ0) is 17.1. The lowest BCUT2D eigenvalue weighted by Crippen LogP contribution is -2.51. The van der Waals surface area contributed by atoms with Gasteiger partial charge >= 0.3 is 0 Å². The van der Waals surface area contributed by atoms with E-state index in [9.17, 15) is 0 Å². The van der Waals surface area contributed by atoms with E-state index in [-0.39, 0.29) is 0 Å². The van der Waals surface area contributed by atoms with Crippen LogP contribution >= 0.6 is 23.6 Å². The minimum Gasteiger partial charge on any atom is -0.454 e. The van der Waals surface area contributed by atoms with E-state index in [0.717, 1.165) is 55.9 Å². The Hall–Kier alpha value is -1.83. The van der Waals surface area contributed by atoms with Crippen LogP contribution in [0.3, 0.4) is 0 Å². The van der Waals surface area contributed by atoms with Gasteiger partial charge in [0.05, 0.1) is 6.54 Å². The third kappa shape index (κ3) is 4.05. The summed E-state index contributed by atoms with van der Waals surface area (Å²) in [5.41, 5.74) is 1.26. The third-order valence-corrected chi connectivity index (χ3v) is 5.78. The minimum atomic E-state index is 0.327. The molecule has 4 rings (SSSR count). The summed E-state index contributed by atoms with van der Waals surface area (Å²) in [6.07, 6.45) is 0. The molecule has 0 saturated carbocycles. The summed E-state index contributed by atoms with van der Waals surface area (Å²) in [6.45, 7) is 6.01. The maximum atomic E-state index is 5.54. The molecule has 1 saturated heterocycles. The second kappa shape index (κ2) is 7.59. The molecule has 2 aliphatic rings. The van der Waals surface area contributed by atoms with Crippen molar-refractivity contribution in [1.82, 2.24) is 15.1 Å². The molecule has 0 spiro atoms. The number of piperazine rings is 1. The molecule has 1 N–H and O–H groups in total. The van der Waals surface area contributed by atoms with Crippen molar-refractivity contribution in [1.29, 1.82) is 0 Å². The Labute approximate surface area is 157 Å². The molecule has 0 aliphatic carbocycles. The Kier molecular flexibility index (Phi) is 5.05. The third-order valence-electron chi connectivity index (χ3n) is 4.50. The lowest BCUT2D eigenvalue weighted by atomic mass is 10.1. The number of rotatable bonds is 4. The van der Waals surface area contributed by atoms with Crippen molar-refractivity contribution >= 4 is 28.7 Å².